The molecule has 0 spiro atoms. The molecule has 1 rings (SSSR count). The van der Waals surface area contributed by atoms with Crippen LogP contribution in [-0.4, -0.2) is 18.3 Å². The van der Waals surface area contributed by atoms with Crippen LogP contribution in [0.2, 0.25) is 0 Å². The first-order chi connectivity index (χ1) is 8.83. The smallest absolute Gasteiger partial charge is 0.0791 e. The third kappa shape index (κ3) is 5.81. The minimum absolute atomic E-state index is 0.149. The lowest BCUT2D eigenvalue weighted by Crippen LogP contribution is -2.21. The highest BCUT2D eigenvalue weighted by atomic mass is 14.9. The second-order valence-electron chi connectivity index (χ2n) is 5.50. The number of hydrogen-bond donors (Lipinski definition) is 1. The lowest BCUT2D eigenvalue weighted by Gasteiger charge is -2.24. The lowest BCUT2D eigenvalue weighted by molar-refractivity contribution is 0.413. The van der Waals surface area contributed by atoms with Gasteiger partial charge < -0.3 is 5.73 Å². The Morgan fingerprint density at radius 3 is 2.17 bits per heavy atom. The van der Waals surface area contributed by atoms with E-state index in [0.717, 1.165) is 6.54 Å². The number of unbranched alkanes of at least 4 members (excludes halogenated alkanes) is 6. The Kier molecular flexibility index (Phi) is 7.99. The average molecular weight is 250 g/mol. The zero-order valence-electron chi connectivity index (χ0n) is 12.0. The molecule has 1 heterocycles. The lowest BCUT2D eigenvalue weighted by atomic mass is 9.87. The maximum atomic E-state index is 5.52. The fourth-order valence-electron chi connectivity index (χ4n) is 2.66. The van der Waals surface area contributed by atoms with E-state index in [1.807, 2.05) is 6.21 Å². The van der Waals surface area contributed by atoms with Crippen LogP contribution in [0.15, 0.2) is 17.1 Å². The molecule has 1 aliphatic heterocycles. The van der Waals surface area contributed by atoms with E-state index in [9.17, 15) is 0 Å². The van der Waals surface area contributed by atoms with E-state index < -0.39 is 0 Å². The highest BCUT2D eigenvalue weighted by Gasteiger charge is 2.26. The molecule has 0 fully saturated rings. The molecule has 0 radical (unpaired) electrons. The summed E-state index contributed by atoms with van der Waals surface area (Å²) in [5.74, 6) is 0. The predicted octanol–water partition coefficient (Wildman–Crippen LogP) is 4.25. The molecular formula is C16H30N2. The quantitative estimate of drug-likeness (QED) is 0.547. The normalized spacial score (nSPS) is 21.9. The van der Waals surface area contributed by atoms with Crippen LogP contribution in [0.1, 0.15) is 71.1 Å². The first kappa shape index (κ1) is 15.4. The largest absolute Gasteiger partial charge is 0.330 e. The van der Waals surface area contributed by atoms with Gasteiger partial charge in [0.25, 0.3) is 0 Å². The molecule has 0 aromatic heterocycles. The first-order valence-corrected chi connectivity index (χ1v) is 7.76. The van der Waals surface area contributed by atoms with Gasteiger partial charge in [0.2, 0.25) is 0 Å². The second kappa shape index (κ2) is 9.32. The highest BCUT2D eigenvalue weighted by molar-refractivity contribution is 5.75. The van der Waals surface area contributed by atoms with Crippen molar-refractivity contribution in [2.45, 2.75) is 76.7 Å². The Morgan fingerprint density at radius 2 is 1.61 bits per heavy atom. The fourth-order valence-corrected chi connectivity index (χ4v) is 2.66. The summed E-state index contributed by atoms with van der Waals surface area (Å²) in [6, 6.07) is 0. The minimum Gasteiger partial charge on any atom is -0.330 e. The van der Waals surface area contributed by atoms with Gasteiger partial charge in [0.05, 0.1) is 5.54 Å². The van der Waals surface area contributed by atoms with Crippen LogP contribution in [0, 0.1) is 0 Å². The molecule has 0 aromatic carbocycles. The van der Waals surface area contributed by atoms with Crippen molar-refractivity contribution in [2.75, 3.05) is 6.54 Å². The van der Waals surface area contributed by atoms with Gasteiger partial charge in [-0.1, -0.05) is 57.9 Å². The van der Waals surface area contributed by atoms with Crippen molar-refractivity contribution in [3.8, 4) is 0 Å². The monoisotopic (exact) mass is 250 g/mol. The molecule has 0 saturated carbocycles. The summed E-state index contributed by atoms with van der Waals surface area (Å²) in [5.41, 5.74) is 5.67. The van der Waals surface area contributed by atoms with Crippen molar-refractivity contribution in [1.29, 1.82) is 0 Å². The summed E-state index contributed by atoms with van der Waals surface area (Å²) >= 11 is 0. The Balaban J connectivity index is 2.21. The van der Waals surface area contributed by atoms with Crippen LogP contribution in [0.4, 0.5) is 0 Å². The Bertz CT molecular complexity index is 244. The van der Waals surface area contributed by atoms with Crippen molar-refractivity contribution >= 4 is 6.21 Å². The highest BCUT2D eigenvalue weighted by Crippen LogP contribution is 2.30. The van der Waals surface area contributed by atoms with E-state index in [1.54, 1.807) is 0 Å². The van der Waals surface area contributed by atoms with E-state index in [1.165, 1.54) is 64.2 Å². The Morgan fingerprint density at radius 1 is 0.944 bits per heavy atom. The van der Waals surface area contributed by atoms with Crippen molar-refractivity contribution in [2.24, 2.45) is 10.7 Å². The summed E-state index contributed by atoms with van der Waals surface area (Å²) in [6.45, 7) is 3.10. The summed E-state index contributed by atoms with van der Waals surface area (Å²) in [6.07, 6.45) is 19.3. The van der Waals surface area contributed by atoms with Gasteiger partial charge in [-0.05, 0) is 31.9 Å². The molecule has 0 saturated heterocycles. The molecule has 0 aliphatic carbocycles. The molecule has 2 N–H and O–H groups in total. The average Bonchev–Trinajstić information content (AvgIpc) is 2.84. The van der Waals surface area contributed by atoms with Gasteiger partial charge in [-0.15, -0.1) is 0 Å². The van der Waals surface area contributed by atoms with Gasteiger partial charge in [0.1, 0.15) is 0 Å². The molecular weight excluding hydrogens is 220 g/mol. The van der Waals surface area contributed by atoms with E-state index in [0.29, 0.717) is 0 Å². The number of rotatable bonds is 11. The molecule has 2 heteroatoms. The van der Waals surface area contributed by atoms with Gasteiger partial charge in [-0.3, -0.25) is 4.99 Å². The van der Waals surface area contributed by atoms with Gasteiger partial charge in [0.15, 0.2) is 0 Å². The van der Waals surface area contributed by atoms with Crippen LogP contribution in [0.5, 0.6) is 0 Å². The fraction of sp³-hybridized carbons (Fsp3) is 0.812. The SMILES string of the molecule is CCCCCCC1(CCCCCCN)C=CC=N1. The van der Waals surface area contributed by atoms with E-state index in [4.69, 9.17) is 10.7 Å². The third-order valence-corrected chi connectivity index (χ3v) is 3.85. The summed E-state index contributed by atoms with van der Waals surface area (Å²) in [5, 5.41) is 0. The zero-order chi connectivity index (χ0) is 13.1. The molecule has 2 nitrogen and oxygen atoms in total. The zero-order valence-corrected chi connectivity index (χ0v) is 12.0. The Labute approximate surface area is 113 Å². The van der Waals surface area contributed by atoms with Crippen molar-refractivity contribution < 1.29 is 0 Å². The predicted molar refractivity (Wildman–Crippen MR) is 81.3 cm³/mol. The van der Waals surface area contributed by atoms with Crippen molar-refractivity contribution in [3.63, 3.8) is 0 Å². The van der Waals surface area contributed by atoms with Crippen LogP contribution in [0.25, 0.3) is 0 Å². The van der Waals surface area contributed by atoms with Gasteiger partial charge in [-0.2, -0.15) is 0 Å². The molecule has 18 heavy (non-hydrogen) atoms. The van der Waals surface area contributed by atoms with Gasteiger partial charge in [-0.25, -0.2) is 0 Å². The Hall–Kier alpha value is -0.630. The van der Waals surface area contributed by atoms with Gasteiger partial charge in [0, 0.05) is 6.21 Å². The maximum absolute atomic E-state index is 5.52. The molecule has 1 unspecified atom stereocenters. The second-order valence-corrected chi connectivity index (χ2v) is 5.50. The molecule has 104 valence electrons. The topological polar surface area (TPSA) is 38.4 Å². The number of hydrogen-bond acceptors (Lipinski definition) is 2. The number of allylic oxidation sites excluding steroid dienone is 1. The summed E-state index contributed by atoms with van der Waals surface area (Å²) < 4.78 is 0. The molecule has 0 bridgehead atoms. The van der Waals surface area contributed by atoms with Crippen molar-refractivity contribution in [1.82, 2.24) is 0 Å². The first-order valence-electron chi connectivity index (χ1n) is 7.76. The van der Waals surface area contributed by atoms with Crippen LogP contribution in [0.3, 0.4) is 0 Å². The molecule has 1 aliphatic rings. The number of nitrogens with zero attached hydrogens (tertiary/aromatic N) is 1. The van der Waals surface area contributed by atoms with Gasteiger partial charge >= 0.3 is 0 Å². The van der Waals surface area contributed by atoms with E-state index >= 15 is 0 Å². The van der Waals surface area contributed by atoms with E-state index in [-0.39, 0.29) is 5.54 Å². The summed E-state index contributed by atoms with van der Waals surface area (Å²) in [4.78, 5) is 4.72. The van der Waals surface area contributed by atoms with Crippen LogP contribution in [-0.2, 0) is 0 Å². The number of nitrogens with two attached hydrogens (primary N) is 1. The molecule has 1 atom stereocenters. The number of aliphatic imine (C=N–C) groups is 1. The van der Waals surface area contributed by atoms with Crippen LogP contribution < -0.4 is 5.73 Å². The standard InChI is InChI=1S/C16H30N2/c1-2-3-4-7-11-16(13-10-15-18-16)12-8-5-6-9-14-17/h10,13,15H,2-9,11-12,14,17H2,1H3. The molecule has 0 amide bonds. The van der Waals surface area contributed by atoms with Crippen LogP contribution >= 0.6 is 0 Å². The summed E-state index contributed by atoms with van der Waals surface area (Å²) in [7, 11) is 0. The molecule has 0 aromatic rings. The third-order valence-electron chi connectivity index (χ3n) is 3.85. The van der Waals surface area contributed by atoms with E-state index in [2.05, 4.69) is 19.1 Å². The maximum Gasteiger partial charge on any atom is 0.0791 e. The van der Waals surface area contributed by atoms with Crippen molar-refractivity contribution in [3.05, 3.63) is 12.2 Å². The minimum atomic E-state index is 0.149.